The molecule has 2 aliphatic rings. The first-order valence-corrected chi connectivity index (χ1v) is 7.51. The Balaban J connectivity index is 2.09. The Morgan fingerprint density at radius 1 is 1.33 bits per heavy atom. The number of urea groups is 1. The second-order valence-corrected chi connectivity index (χ2v) is 5.81. The number of nitrogens with zero attached hydrogens (tertiary/aromatic N) is 1. The van der Waals surface area contributed by atoms with Gasteiger partial charge in [0.15, 0.2) is 0 Å². The van der Waals surface area contributed by atoms with Crippen molar-refractivity contribution in [2.75, 3.05) is 12.3 Å². The minimum atomic E-state index is -0.579. The molecule has 0 radical (unpaired) electrons. The molecule has 2 fully saturated rings. The van der Waals surface area contributed by atoms with Crippen LogP contribution in [0.3, 0.4) is 0 Å². The fraction of sp³-hybridized carbons (Fsp3) is 0.846. The molecule has 1 heterocycles. The molecule has 1 aliphatic carbocycles. The van der Waals surface area contributed by atoms with E-state index >= 15 is 0 Å². The van der Waals surface area contributed by atoms with E-state index in [2.05, 4.69) is 24.9 Å². The van der Waals surface area contributed by atoms with Crippen LogP contribution in [0.1, 0.15) is 45.4 Å². The summed E-state index contributed by atoms with van der Waals surface area (Å²) < 4.78 is 0. The highest BCUT2D eigenvalue weighted by Crippen LogP contribution is 2.34. The molecule has 1 aliphatic heterocycles. The van der Waals surface area contributed by atoms with Gasteiger partial charge in [0, 0.05) is 6.54 Å². The first-order chi connectivity index (χ1) is 8.63. The zero-order valence-corrected chi connectivity index (χ0v) is 11.8. The van der Waals surface area contributed by atoms with E-state index < -0.39 is 5.54 Å². The summed E-state index contributed by atoms with van der Waals surface area (Å²) in [6.45, 7) is 2.57. The lowest BCUT2D eigenvalue weighted by Gasteiger charge is -2.30. The van der Waals surface area contributed by atoms with Gasteiger partial charge in [-0.3, -0.25) is 9.69 Å². The Labute approximate surface area is 114 Å². The van der Waals surface area contributed by atoms with Crippen molar-refractivity contribution in [2.24, 2.45) is 5.92 Å². The molecule has 5 heteroatoms. The number of amides is 3. The maximum absolute atomic E-state index is 12.5. The van der Waals surface area contributed by atoms with Gasteiger partial charge in [-0.1, -0.05) is 32.6 Å². The quantitative estimate of drug-likeness (QED) is 0.608. The van der Waals surface area contributed by atoms with Gasteiger partial charge in [-0.05, 0) is 24.5 Å². The Morgan fingerprint density at radius 3 is 2.56 bits per heavy atom. The first kappa shape index (κ1) is 13.7. The van der Waals surface area contributed by atoms with Gasteiger partial charge in [-0.25, -0.2) is 4.79 Å². The van der Waals surface area contributed by atoms with Crippen LogP contribution in [0.15, 0.2) is 0 Å². The largest absolute Gasteiger partial charge is 0.325 e. The van der Waals surface area contributed by atoms with Crippen LogP contribution in [0.5, 0.6) is 0 Å². The fourth-order valence-corrected chi connectivity index (χ4v) is 3.28. The zero-order valence-electron chi connectivity index (χ0n) is 10.9. The van der Waals surface area contributed by atoms with Crippen LogP contribution in [-0.4, -0.2) is 34.7 Å². The number of imide groups is 1. The highest BCUT2D eigenvalue weighted by atomic mass is 32.1. The van der Waals surface area contributed by atoms with Gasteiger partial charge < -0.3 is 5.32 Å². The molecule has 1 N–H and O–H groups in total. The van der Waals surface area contributed by atoms with Crippen LogP contribution >= 0.6 is 12.6 Å². The SMILES string of the molecule is CCC(CS)CN1C(=O)NC2(CCCCC2)C1=O. The highest BCUT2D eigenvalue weighted by Gasteiger charge is 2.51. The third-order valence-electron chi connectivity index (χ3n) is 4.23. The molecule has 1 unspecified atom stereocenters. The molecular weight excluding hydrogens is 248 g/mol. The van der Waals surface area contributed by atoms with Crippen molar-refractivity contribution in [3.05, 3.63) is 0 Å². The molecule has 18 heavy (non-hydrogen) atoms. The van der Waals surface area contributed by atoms with Crippen molar-refractivity contribution >= 4 is 24.6 Å². The first-order valence-electron chi connectivity index (χ1n) is 6.88. The second kappa shape index (κ2) is 5.51. The summed E-state index contributed by atoms with van der Waals surface area (Å²) >= 11 is 4.28. The smallest absolute Gasteiger partial charge is 0.323 e. The molecule has 1 spiro atoms. The number of hydrogen-bond acceptors (Lipinski definition) is 3. The normalized spacial score (nSPS) is 24.4. The Morgan fingerprint density at radius 2 is 2.00 bits per heavy atom. The molecule has 2 rings (SSSR count). The number of carbonyl (C=O) groups is 2. The lowest BCUT2D eigenvalue weighted by Crippen LogP contribution is -2.48. The molecule has 1 atom stereocenters. The number of hydrogen-bond donors (Lipinski definition) is 2. The molecule has 0 aromatic carbocycles. The van der Waals surface area contributed by atoms with Crippen LogP contribution in [0.4, 0.5) is 4.79 Å². The van der Waals surface area contributed by atoms with Gasteiger partial charge in [0.1, 0.15) is 5.54 Å². The molecule has 0 bridgehead atoms. The van der Waals surface area contributed by atoms with Crippen molar-refractivity contribution in [3.8, 4) is 0 Å². The predicted octanol–water partition coefficient (Wildman–Crippen LogP) is 2.20. The summed E-state index contributed by atoms with van der Waals surface area (Å²) in [4.78, 5) is 25.9. The third kappa shape index (κ3) is 2.37. The van der Waals surface area contributed by atoms with E-state index in [0.717, 1.165) is 32.1 Å². The second-order valence-electron chi connectivity index (χ2n) is 5.45. The maximum Gasteiger partial charge on any atom is 0.325 e. The van der Waals surface area contributed by atoms with E-state index in [9.17, 15) is 9.59 Å². The molecule has 1 saturated carbocycles. The zero-order chi connectivity index (χ0) is 13.2. The van der Waals surface area contributed by atoms with Crippen LogP contribution in [-0.2, 0) is 4.79 Å². The van der Waals surface area contributed by atoms with Gasteiger partial charge in [-0.2, -0.15) is 12.6 Å². The molecule has 4 nitrogen and oxygen atoms in total. The van der Waals surface area contributed by atoms with Crippen LogP contribution < -0.4 is 5.32 Å². The monoisotopic (exact) mass is 270 g/mol. The summed E-state index contributed by atoms with van der Waals surface area (Å²) in [5.41, 5.74) is -0.579. The Kier molecular flexibility index (Phi) is 4.20. The minimum absolute atomic E-state index is 0.00701. The van der Waals surface area contributed by atoms with E-state index in [1.165, 1.54) is 11.3 Å². The maximum atomic E-state index is 12.5. The van der Waals surface area contributed by atoms with Crippen molar-refractivity contribution in [1.82, 2.24) is 10.2 Å². The molecule has 0 aromatic heterocycles. The van der Waals surface area contributed by atoms with Crippen molar-refractivity contribution < 1.29 is 9.59 Å². The van der Waals surface area contributed by atoms with Gasteiger partial charge >= 0.3 is 6.03 Å². The highest BCUT2D eigenvalue weighted by molar-refractivity contribution is 7.80. The van der Waals surface area contributed by atoms with E-state index in [-0.39, 0.29) is 11.9 Å². The van der Waals surface area contributed by atoms with Gasteiger partial charge in [-0.15, -0.1) is 0 Å². The molecule has 3 amide bonds. The number of nitrogens with one attached hydrogen (secondary N) is 1. The molecule has 0 aromatic rings. The van der Waals surface area contributed by atoms with E-state index in [4.69, 9.17) is 0 Å². The third-order valence-corrected chi connectivity index (χ3v) is 4.75. The molecule has 1 saturated heterocycles. The van der Waals surface area contributed by atoms with Gasteiger partial charge in [0.2, 0.25) is 0 Å². The number of rotatable bonds is 4. The summed E-state index contributed by atoms with van der Waals surface area (Å²) in [5, 5.41) is 2.94. The minimum Gasteiger partial charge on any atom is -0.323 e. The van der Waals surface area contributed by atoms with Crippen molar-refractivity contribution in [1.29, 1.82) is 0 Å². The number of carbonyl (C=O) groups excluding carboxylic acids is 2. The summed E-state index contributed by atoms with van der Waals surface area (Å²) in [5.74, 6) is 0.995. The van der Waals surface area contributed by atoms with Crippen LogP contribution in [0, 0.1) is 5.92 Å². The van der Waals surface area contributed by atoms with Gasteiger partial charge in [0.05, 0.1) is 0 Å². The van der Waals surface area contributed by atoms with Crippen LogP contribution in [0.25, 0.3) is 0 Å². The lowest BCUT2D eigenvalue weighted by atomic mass is 9.81. The topological polar surface area (TPSA) is 49.4 Å². The van der Waals surface area contributed by atoms with E-state index in [1.54, 1.807) is 0 Å². The van der Waals surface area contributed by atoms with Gasteiger partial charge in [0.25, 0.3) is 5.91 Å². The molecular formula is C13H22N2O2S. The Hall–Kier alpha value is -0.710. The summed E-state index contributed by atoms with van der Waals surface area (Å²) in [6.07, 6.45) is 5.76. The summed E-state index contributed by atoms with van der Waals surface area (Å²) in [7, 11) is 0. The van der Waals surface area contributed by atoms with E-state index in [0.29, 0.717) is 18.2 Å². The lowest BCUT2D eigenvalue weighted by molar-refractivity contribution is -0.132. The van der Waals surface area contributed by atoms with Crippen molar-refractivity contribution in [3.63, 3.8) is 0 Å². The van der Waals surface area contributed by atoms with Crippen LogP contribution in [0.2, 0.25) is 0 Å². The van der Waals surface area contributed by atoms with Crippen molar-refractivity contribution in [2.45, 2.75) is 51.0 Å². The summed E-state index contributed by atoms with van der Waals surface area (Å²) in [6, 6.07) is -0.206. The predicted molar refractivity (Wildman–Crippen MR) is 73.7 cm³/mol. The number of thiol groups is 1. The Bertz CT molecular complexity index is 336. The van der Waals surface area contributed by atoms with E-state index in [1.807, 2.05) is 0 Å². The molecule has 102 valence electrons. The standard InChI is InChI=1S/C13H22N2O2S/c1-2-10(9-18)8-15-11(16)13(14-12(15)17)6-4-3-5-7-13/h10,18H,2-9H2,1H3,(H,14,17). The average molecular weight is 270 g/mol. The fourth-order valence-electron chi connectivity index (χ4n) is 2.91. The average Bonchev–Trinajstić information content (AvgIpc) is 2.60.